The van der Waals surface area contributed by atoms with Crippen molar-refractivity contribution in [3.05, 3.63) is 103 Å². The quantitative estimate of drug-likeness (QED) is 0.206. The van der Waals surface area contributed by atoms with E-state index >= 15 is 0 Å². The third-order valence-electron chi connectivity index (χ3n) is 5.01. The molecule has 8 nitrogen and oxygen atoms in total. The van der Waals surface area contributed by atoms with E-state index < -0.39 is 4.92 Å². The van der Waals surface area contributed by atoms with E-state index in [1.165, 1.54) is 32.9 Å². The maximum atomic E-state index is 12.8. The number of aromatic nitrogens is 3. The van der Waals surface area contributed by atoms with Crippen LogP contribution in [0.15, 0.2) is 74.8 Å². The second kappa shape index (κ2) is 8.64. The topological polar surface area (TPSA) is 104 Å². The lowest BCUT2D eigenvalue weighted by Crippen LogP contribution is -2.23. The van der Waals surface area contributed by atoms with Crippen molar-refractivity contribution in [2.24, 2.45) is 0 Å². The number of hydrogen-bond donors (Lipinski definition) is 0. The van der Waals surface area contributed by atoms with Gasteiger partial charge in [0.05, 0.1) is 4.92 Å². The number of thioether (sulfide) groups is 1. The highest BCUT2D eigenvalue weighted by molar-refractivity contribution is 7.98. The summed E-state index contributed by atoms with van der Waals surface area (Å²) >= 11 is 2.93. The molecule has 0 fully saturated rings. The van der Waals surface area contributed by atoms with E-state index in [2.05, 4.69) is 22.2 Å². The SMILES string of the molecule is CSc1ccc(Cc2nc3s/c(=C\c4ccc(-c5ccc([N+](=O)[O-])cc5)o4)c(=O)n3n2)cc1. The average molecular weight is 477 g/mol. The Morgan fingerprint density at radius 1 is 1.12 bits per heavy atom. The van der Waals surface area contributed by atoms with Gasteiger partial charge in [-0.15, -0.1) is 16.9 Å². The fourth-order valence-corrected chi connectivity index (χ4v) is 4.65. The van der Waals surface area contributed by atoms with Crippen molar-refractivity contribution in [2.45, 2.75) is 11.3 Å². The molecule has 164 valence electrons. The number of furan rings is 1. The van der Waals surface area contributed by atoms with Crippen LogP contribution in [0.4, 0.5) is 5.69 Å². The van der Waals surface area contributed by atoms with E-state index in [1.807, 2.05) is 18.4 Å². The summed E-state index contributed by atoms with van der Waals surface area (Å²) in [6.45, 7) is 0. The zero-order valence-corrected chi connectivity index (χ0v) is 18.9. The van der Waals surface area contributed by atoms with Gasteiger partial charge in [0.1, 0.15) is 16.1 Å². The van der Waals surface area contributed by atoms with Gasteiger partial charge in [-0.2, -0.15) is 4.52 Å². The Morgan fingerprint density at radius 3 is 2.55 bits per heavy atom. The van der Waals surface area contributed by atoms with E-state index in [0.717, 1.165) is 5.56 Å². The minimum atomic E-state index is -0.450. The van der Waals surface area contributed by atoms with Crippen molar-refractivity contribution in [1.29, 1.82) is 0 Å². The molecule has 0 saturated carbocycles. The van der Waals surface area contributed by atoms with Crippen LogP contribution in [0.5, 0.6) is 0 Å². The summed E-state index contributed by atoms with van der Waals surface area (Å²) in [5, 5.41) is 15.2. The lowest BCUT2D eigenvalue weighted by atomic mass is 10.1. The molecule has 0 spiro atoms. The first kappa shape index (κ1) is 21.1. The number of nitrogens with zero attached hydrogens (tertiary/aromatic N) is 4. The summed E-state index contributed by atoms with van der Waals surface area (Å²) in [6.07, 6.45) is 4.24. The van der Waals surface area contributed by atoms with E-state index in [4.69, 9.17) is 4.42 Å². The van der Waals surface area contributed by atoms with Crippen LogP contribution < -0.4 is 10.1 Å². The smallest absolute Gasteiger partial charge is 0.291 e. The molecular formula is C23H16N4O4S2. The second-order valence-corrected chi connectivity index (χ2v) is 9.06. The highest BCUT2D eigenvalue weighted by atomic mass is 32.2. The third kappa shape index (κ3) is 4.30. The van der Waals surface area contributed by atoms with Crippen molar-refractivity contribution in [2.75, 3.05) is 6.26 Å². The lowest BCUT2D eigenvalue weighted by Gasteiger charge is -1.99. The Hall–Kier alpha value is -3.76. The summed E-state index contributed by atoms with van der Waals surface area (Å²) in [7, 11) is 0. The fraction of sp³-hybridized carbons (Fsp3) is 0.0870. The van der Waals surface area contributed by atoms with Gasteiger partial charge in [-0.3, -0.25) is 14.9 Å². The molecule has 0 unspecified atom stereocenters. The molecule has 33 heavy (non-hydrogen) atoms. The van der Waals surface area contributed by atoms with Gasteiger partial charge in [-0.05, 0) is 48.2 Å². The Labute approximate surface area is 195 Å². The number of fused-ring (bicyclic) bond motifs is 1. The Bertz CT molecular complexity index is 1570. The molecule has 3 heterocycles. The zero-order chi connectivity index (χ0) is 22.9. The van der Waals surface area contributed by atoms with E-state index in [0.29, 0.717) is 38.8 Å². The molecule has 10 heteroatoms. The Balaban J connectivity index is 1.39. The van der Waals surface area contributed by atoms with Crippen molar-refractivity contribution in [1.82, 2.24) is 14.6 Å². The lowest BCUT2D eigenvalue weighted by molar-refractivity contribution is -0.384. The Kier molecular flexibility index (Phi) is 5.53. The van der Waals surface area contributed by atoms with Crippen molar-refractivity contribution in [3.8, 4) is 11.3 Å². The first-order valence-electron chi connectivity index (χ1n) is 9.88. The zero-order valence-electron chi connectivity index (χ0n) is 17.3. The van der Waals surface area contributed by atoms with Crippen LogP contribution in [0.3, 0.4) is 0 Å². The van der Waals surface area contributed by atoms with Crippen LogP contribution >= 0.6 is 23.1 Å². The molecule has 3 aromatic heterocycles. The average Bonchev–Trinajstić information content (AvgIpc) is 3.52. The largest absolute Gasteiger partial charge is 0.457 e. The summed E-state index contributed by atoms with van der Waals surface area (Å²) in [6, 6.07) is 17.8. The molecule has 0 saturated heterocycles. The third-order valence-corrected chi connectivity index (χ3v) is 6.71. The molecule has 0 amide bonds. The van der Waals surface area contributed by atoms with Crippen molar-refractivity contribution >= 4 is 39.8 Å². The first-order chi connectivity index (χ1) is 16.0. The molecule has 0 aliphatic rings. The van der Waals surface area contributed by atoms with Crippen LogP contribution in [-0.4, -0.2) is 25.8 Å². The Morgan fingerprint density at radius 2 is 1.88 bits per heavy atom. The van der Waals surface area contributed by atoms with Crippen molar-refractivity contribution < 1.29 is 9.34 Å². The highest BCUT2D eigenvalue weighted by Gasteiger charge is 2.12. The second-order valence-electron chi connectivity index (χ2n) is 7.17. The minimum Gasteiger partial charge on any atom is -0.457 e. The molecule has 0 atom stereocenters. The van der Waals surface area contributed by atoms with E-state index in [1.54, 1.807) is 42.1 Å². The van der Waals surface area contributed by atoms with Crippen LogP contribution in [0, 0.1) is 10.1 Å². The van der Waals surface area contributed by atoms with Gasteiger partial charge in [0, 0.05) is 35.1 Å². The van der Waals surface area contributed by atoms with Crippen LogP contribution in [0.2, 0.25) is 0 Å². The molecular weight excluding hydrogens is 460 g/mol. The van der Waals surface area contributed by atoms with Crippen LogP contribution in [-0.2, 0) is 6.42 Å². The number of benzene rings is 2. The summed E-state index contributed by atoms with van der Waals surface area (Å²) in [5.41, 5.74) is 1.55. The molecule has 0 radical (unpaired) electrons. The van der Waals surface area contributed by atoms with Crippen molar-refractivity contribution in [3.63, 3.8) is 0 Å². The van der Waals surface area contributed by atoms with Crippen LogP contribution in [0.1, 0.15) is 17.1 Å². The van der Waals surface area contributed by atoms with E-state index in [9.17, 15) is 14.9 Å². The molecule has 0 bridgehead atoms. The molecule has 5 aromatic rings. The van der Waals surface area contributed by atoms with Gasteiger partial charge in [0.2, 0.25) is 4.96 Å². The minimum absolute atomic E-state index is 0.0128. The first-order valence-corrected chi connectivity index (χ1v) is 11.9. The molecule has 0 N–H and O–H groups in total. The van der Waals surface area contributed by atoms with Crippen LogP contribution in [0.25, 0.3) is 22.4 Å². The van der Waals surface area contributed by atoms with E-state index in [-0.39, 0.29) is 11.2 Å². The summed E-state index contributed by atoms with van der Waals surface area (Å²) in [4.78, 5) is 29.4. The summed E-state index contributed by atoms with van der Waals surface area (Å²) < 4.78 is 7.60. The van der Waals surface area contributed by atoms with Gasteiger partial charge in [0.15, 0.2) is 5.82 Å². The number of nitro groups is 1. The molecule has 0 aliphatic carbocycles. The number of thiazole rings is 1. The fourth-order valence-electron chi connectivity index (χ4n) is 3.34. The van der Waals surface area contributed by atoms with Gasteiger partial charge < -0.3 is 4.42 Å². The van der Waals surface area contributed by atoms with Gasteiger partial charge in [-0.1, -0.05) is 23.5 Å². The van der Waals surface area contributed by atoms with Gasteiger partial charge >= 0.3 is 0 Å². The monoisotopic (exact) mass is 476 g/mol. The number of rotatable bonds is 6. The molecule has 0 aliphatic heterocycles. The maximum absolute atomic E-state index is 12.8. The predicted molar refractivity (Wildman–Crippen MR) is 128 cm³/mol. The summed E-state index contributed by atoms with van der Waals surface area (Å²) in [5.74, 6) is 1.65. The standard InChI is InChI=1S/C23H16N4O4S2/c1-32-18-9-2-14(3-10-18)12-21-24-23-26(25-21)22(28)20(33-23)13-17-8-11-19(31-17)15-4-6-16(7-5-15)27(29)30/h2-11,13H,12H2,1H3/b20-13-. The molecule has 2 aromatic carbocycles. The number of nitro benzene ring substituents is 1. The number of hydrogen-bond acceptors (Lipinski definition) is 8. The predicted octanol–water partition coefficient (Wildman–Crippen LogP) is 4.18. The van der Waals surface area contributed by atoms with Gasteiger partial charge in [-0.25, -0.2) is 4.98 Å². The number of non-ortho nitro benzene ring substituents is 1. The van der Waals surface area contributed by atoms with Gasteiger partial charge in [0.25, 0.3) is 11.2 Å². The highest BCUT2D eigenvalue weighted by Crippen LogP contribution is 2.25. The normalized spacial score (nSPS) is 12.0. The maximum Gasteiger partial charge on any atom is 0.291 e. The molecule has 5 rings (SSSR count).